The summed E-state index contributed by atoms with van der Waals surface area (Å²) in [5.74, 6) is 0.228. The van der Waals surface area contributed by atoms with E-state index < -0.39 is 0 Å². The van der Waals surface area contributed by atoms with Crippen LogP contribution in [0.3, 0.4) is 0 Å². The van der Waals surface area contributed by atoms with Crippen LogP contribution in [0.1, 0.15) is 16.7 Å². The first kappa shape index (κ1) is 13.1. The average Bonchev–Trinajstić information content (AvgIpc) is 3.18. The van der Waals surface area contributed by atoms with E-state index in [9.17, 15) is 4.79 Å². The number of carbonyl (C=O) groups is 1. The number of nitrogens with one attached hydrogen (secondary N) is 2. The summed E-state index contributed by atoms with van der Waals surface area (Å²) in [6, 6.07) is 16.5. The molecule has 0 saturated carbocycles. The Morgan fingerprint density at radius 3 is 2.59 bits per heavy atom. The molecule has 0 bridgehead atoms. The van der Waals surface area contributed by atoms with Crippen molar-refractivity contribution in [1.29, 1.82) is 0 Å². The first-order valence-electron chi connectivity index (χ1n) is 7.71. The maximum Gasteiger partial charge on any atom is 0.224 e. The molecule has 0 aliphatic heterocycles. The van der Waals surface area contributed by atoms with Gasteiger partial charge in [0.1, 0.15) is 0 Å². The maximum atomic E-state index is 12.4. The summed E-state index contributed by atoms with van der Waals surface area (Å²) in [6.45, 7) is 0.584. The van der Waals surface area contributed by atoms with Crippen molar-refractivity contribution in [1.82, 2.24) is 10.3 Å². The Morgan fingerprint density at radius 2 is 1.82 bits per heavy atom. The quantitative estimate of drug-likeness (QED) is 0.764. The predicted octanol–water partition coefficient (Wildman–Crippen LogP) is 3.20. The molecule has 1 aliphatic carbocycles. The molecule has 2 aromatic carbocycles. The molecule has 0 unspecified atom stereocenters. The number of fused-ring (bicyclic) bond motifs is 2. The lowest BCUT2D eigenvalue weighted by molar-refractivity contribution is -0.124. The van der Waals surface area contributed by atoms with Crippen LogP contribution in [0.25, 0.3) is 10.9 Å². The van der Waals surface area contributed by atoms with Gasteiger partial charge in [-0.15, -0.1) is 0 Å². The molecule has 1 heterocycles. The van der Waals surface area contributed by atoms with E-state index >= 15 is 0 Å². The highest BCUT2D eigenvalue weighted by Crippen LogP contribution is 2.26. The van der Waals surface area contributed by atoms with Crippen LogP contribution in [0.5, 0.6) is 0 Å². The Bertz CT molecular complexity index is 809. The molecule has 0 radical (unpaired) electrons. The molecular formula is C19H18N2O. The zero-order valence-electron chi connectivity index (χ0n) is 12.3. The molecular weight excluding hydrogens is 272 g/mol. The number of hydrogen-bond acceptors (Lipinski definition) is 1. The number of H-pyrrole nitrogens is 1. The van der Waals surface area contributed by atoms with Gasteiger partial charge in [-0.1, -0.05) is 36.4 Å². The molecule has 3 nitrogen and oxygen atoms in total. The normalized spacial score (nSPS) is 14.2. The number of carbonyl (C=O) groups excluding carboxylic acids is 1. The Kier molecular flexibility index (Phi) is 3.19. The first-order chi connectivity index (χ1) is 10.8. The monoisotopic (exact) mass is 290 g/mol. The van der Waals surface area contributed by atoms with E-state index in [0.29, 0.717) is 6.54 Å². The molecule has 1 aliphatic rings. The fraction of sp³-hybridized carbons (Fsp3) is 0.211. The van der Waals surface area contributed by atoms with E-state index in [-0.39, 0.29) is 11.8 Å². The second kappa shape index (κ2) is 5.34. The summed E-state index contributed by atoms with van der Waals surface area (Å²) in [5, 5.41) is 4.28. The Balaban J connectivity index is 1.44. The van der Waals surface area contributed by atoms with Crippen molar-refractivity contribution < 1.29 is 4.79 Å². The summed E-state index contributed by atoms with van der Waals surface area (Å²) >= 11 is 0. The number of aromatic amines is 1. The lowest BCUT2D eigenvalue weighted by Crippen LogP contribution is -2.30. The van der Waals surface area contributed by atoms with Gasteiger partial charge in [0, 0.05) is 29.6 Å². The second-order valence-electron chi connectivity index (χ2n) is 5.95. The third-order valence-electron chi connectivity index (χ3n) is 4.56. The third kappa shape index (κ3) is 2.29. The van der Waals surface area contributed by atoms with Crippen molar-refractivity contribution in [2.45, 2.75) is 19.4 Å². The van der Waals surface area contributed by atoms with Gasteiger partial charge in [-0.2, -0.15) is 0 Å². The van der Waals surface area contributed by atoms with Crippen molar-refractivity contribution in [2.75, 3.05) is 0 Å². The zero-order chi connectivity index (χ0) is 14.9. The van der Waals surface area contributed by atoms with Crippen LogP contribution in [0.15, 0.2) is 54.7 Å². The van der Waals surface area contributed by atoms with Gasteiger partial charge in [0.05, 0.1) is 0 Å². The highest BCUT2D eigenvalue weighted by atomic mass is 16.1. The van der Waals surface area contributed by atoms with Crippen LogP contribution < -0.4 is 5.32 Å². The van der Waals surface area contributed by atoms with Crippen LogP contribution in [-0.4, -0.2) is 10.9 Å². The van der Waals surface area contributed by atoms with Crippen LogP contribution >= 0.6 is 0 Å². The summed E-state index contributed by atoms with van der Waals surface area (Å²) in [4.78, 5) is 15.6. The molecule has 2 N–H and O–H groups in total. The molecule has 0 atom stereocenters. The van der Waals surface area contributed by atoms with E-state index in [2.05, 4.69) is 34.6 Å². The first-order valence-corrected chi connectivity index (χ1v) is 7.71. The van der Waals surface area contributed by atoms with Gasteiger partial charge < -0.3 is 10.3 Å². The highest BCUT2D eigenvalue weighted by Gasteiger charge is 2.26. The molecule has 1 aromatic heterocycles. The van der Waals surface area contributed by atoms with E-state index in [1.807, 2.05) is 30.5 Å². The summed E-state index contributed by atoms with van der Waals surface area (Å²) in [7, 11) is 0. The van der Waals surface area contributed by atoms with E-state index in [4.69, 9.17) is 0 Å². The number of aromatic nitrogens is 1. The van der Waals surface area contributed by atoms with Crippen LogP contribution in [0, 0.1) is 5.92 Å². The average molecular weight is 290 g/mol. The zero-order valence-corrected chi connectivity index (χ0v) is 12.3. The lowest BCUT2D eigenvalue weighted by Gasteiger charge is -2.11. The van der Waals surface area contributed by atoms with Crippen LogP contribution in [-0.2, 0) is 24.2 Å². The number of amides is 1. The molecule has 0 fully saturated rings. The minimum atomic E-state index is 0.0721. The van der Waals surface area contributed by atoms with Crippen LogP contribution in [0.4, 0.5) is 0 Å². The third-order valence-corrected chi connectivity index (χ3v) is 4.56. The molecule has 0 spiro atoms. The molecule has 3 aromatic rings. The van der Waals surface area contributed by atoms with Gasteiger partial charge in [-0.3, -0.25) is 4.79 Å². The van der Waals surface area contributed by atoms with E-state index in [0.717, 1.165) is 23.9 Å². The van der Waals surface area contributed by atoms with Gasteiger partial charge in [0.25, 0.3) is 0 Å². The molecule has 1 amide bonds. The number of benzene rings is 2. The van der Waals surface area contributed by atoms with Crippen molar-refractivity contribution in [3.05, 3.63) is 71.4 Å². The SMILES string of the molecule is O=C(NCc1cccc2[nH]ccc12)C1Cc2ccccc2C1. The summed E-state index contributed by atoms with van der Waals surface area (Å²) in [6.07, 6.45) is 3.65. The largest absolute Gasteiger partial charge is 0.361 e. The van der Waals surface area contributed by atoms with Gasteiger partial charge in [-0.05, 0) is 41.7 Å². The van der Waals surface area contributed by atoms with Crippen LogP contribution in [0.2, 0.25) is 0 Å². The van der Waals surface area contributed by atoms with Gasteiger partial charge in [-0.25, -0.2) is 0 Å². The summed E-state index contributed by atoms with van der Waals surface area (Å²) < 4.78 is 0. The fourth-order valence-corrected chi connectivity index (χ4v) is 3.38. The van der Waals surface area contributed by atoms with Crippen molar-refractivity contribution in [3.8, 4) is 0 Å². The molecule has 22 heavy (non-hydrogen) atoms. The fourth-order valence-electron chi connectivity index (χ4n) is 3.38. The van der Waals surface area contributed by atoms with Crippen molar-refractivity contribution >= 4 is 16.8 Å². The van der Waals surface area contributed by atoms with Gasteiger partial charge in [0.2, 0.25) is 5.91 Å². The van der Waals surface area contributed by atoms with E-state index in [1.165, 1.54) is 16.5 Å². The minimum Gasteiger partial charge on any atom is -0.361 e. The topological polar surface area (TPSA) is 44.9 Å². The van der Waals surface area contributed by atoms with Crippen molar-refractivity contribution in [3.63, 3.8) is 0 Å². The molecule has 0 saturated heterocycles. The number of rotatable bonds is 3. The maximum absolute atomic E-state index is 12.4. The van der Waals surface area contributed by atoms with Gasteiger partial charge in [0.15, 0.2) is 0 Å². The lowest BCUT2D eigenvalue weighted by atomic mass is 10.1. The smallest absolute Gasteiger partial charge is 0.224 e. The molecule has 3 heteroatoms. The number of hydrogen-bond donors (Lipinski definition) is 2. The van der Waals surface area contributed by atoms with Crippen molar-refractivity contribution in [2.24, 2.45) is 5.92 Å². The molecule has 4 rings (SSSR count). The Labute approximate surface area is 129 Å². The highest BCUT2D eigenvalue weighted by molar-refractivity contribution is 5.84. The predicted molar refractivity (Wildman–Crippen MR) is 87.5 cm³/mol. The Hall–Kier alpha value is -2.55. The second-order valence-corrected chi connectivity index (χ2v) is 5.95. The molecule has 110 valence electrons. The van der Waals surface area contributed by atoms with E-state index in [1.54, 1.807) is 0 Å². The van der Waals surface area contributed by atoms with Gasteiger partial charge >= 0.3 is 0 Å². The summed E-state index contributed by atoms with van der Waals surface area (Å²) in [5.41, 5.74) is 4.90. The Morgan fingerprint density at radius 1 is 1.05 bits per heavy atom. The minimum absolute atomic E-state index is 0.0721. The standard InChI is InChI=1S/C19H18N2O/c22-19(16-10-13-4-1-2-5-14(13)11-16)21-12-15-6-3-7-18-17(15)8-9-20-18/h1-9,16,20H,10-12H2,(H,21,22).